The van der Waals surface area contributed by atoms with Crippen LogP contribution in [-0.2, 0) is 19.6 Å². The Hall–Kier alpha value is -3.12. The van der Waals surface area contributed by atoms with Crippen LogP contribution in [0.4, 0.5) is 4.39 Å². The highest BCUT2D eigenvalue weighted by Crippen LogP contribution is 2.25. The standard InChI is InChI=1S/C20H16FN5/c21-17-8-14(19-13-26-7-6-23-20(26)9-24-19)3-4-15(17)10-25-11-16-2-1-5-22-18(16)12-25/h1-9,13H,10-12H2. The summed E-state index contributed by atoms with van der Waals surface area (Å²) >= 11 is 0. The number of benzene rings is 1. The lowest BCUT2D eigenvalue weighted by Crippen LogP contribution is -2.16. The van der Waals surface area contributed by atoms with Gasteiger partial charge in [-0.3, -0.25) is 14.9 Å². The number of imidazole rings is 1. The fourth-order valence-electron chi connectivity index (χ4n) is 3.43. The van der Waals surface area contributed by atoms with Gasteiger partial charge in [-0.15, -0.1) is 0 Å². The molecule has 128 valence electrons. The zero-order chi connectivity index (χ0) is 17.5. The topological polar surface area (TPSA) is 46.3 Å². The van der Waals surface area contributed by atoms with E-state index in [0.29, 0.717) is 12.1 Å². The highest BCUT2D eigenvalue weighted by molar-refractivity contribution is 5.60. The second-order valence-electron chi connectivity index (χ2n) is 6.53. The quantitative estimate of drug-likeness (QED) is 0.571. The predicted octanol–water partition coefficient (Wildman–Crippen LogP) is 3.45. The van der Waals surface area contributed by atoms with Crippen molar-refractivity contribution in [3.05, 3.63) is 84.0 Å². The fraction of sp³-hybridized carbons (Fsp3) is 0.150. The molecule has 5 nitrogen and oxygen atoms in total. The Balaban J connectivity index is 1.38. The van der Waals surface area contributed by atoms with Crippen LogP contribution in [0.3, 0.4) is 0 Å². The molecule has 0 fully saturated rings. The Morgan fingerprint density at radius 3 is 2.88 bits per heavy atom. The summed E-state index contributed by atoms with van der Waals surface area (Å²) in [7, 11) is 0. The summed E-state index contributed by atoms with van der Waals surface area (Å²) in [5, 5.41) is 0. The molecule has 1 aliphatic heterocycles. The van der Waals surface area contributed by atoms with Gasteiger partial charge in [-0.25, -0.2) is 9.37 Å². The van der Waals surface area contributed by atoms with E-state index in [0.717, 1.165) is 35.7 Å². The van der Waals surface area contributed by atoms with Crippen molar-refractivity contribution in [2.75, 3.05) is 0 Å². The van der Waals surface area contributed by atoms with Gasteiger partial charge in [0.15, 0.2) is 5.65 Å². The van der Waals surface area contributed by atoms with Crippen molar-refractivity contribution in [2.24, 2.45) is 0 Å². The number of nitrogens with zero attached hydrogens (tertiary/aromatic N) is 5. The van der Waals surface area contributed by atoms with Crippen LogP contribution < -0.4 is 0 Å². The van der Waals surface area contributed by atoms with Gasteiger partial charge in [-0.05, 0) is 17.7 Å². The number of rotatable bonds is 3. The third kappa shape index (κ3) is 2.64. The van der Waals surface area contributed by atoms with Crippen molar-refractivity contribution in [3.8, 4) is 11.3 Å². The van der Waals surface area contributed by atoms with Crippen LogP contribution in [0.25, 0.3) is 16.9 Å². The molecule has 26 heavy (non-hydrogen) atoms. The van der Waals surface area contributed by atoms with Gasteiger partial charge in [0.2, 0.25) is 0 Å². The first kappa shape index (κ1) is 15.2. The third-order valence-electron chi connectivity index (χ3n) is 4.77. The summed E-state index contributed by atoms with van der Waals surface area (Å²) in [5.74, 6) is -0.209. The first-order valence-corrected chi connectivity index (χ1v) is 8.49. The number of hydrogen-bond acceptors (Lipinski definition) is 4. The molecule has 0 unspecified atom stereocenters. The molecule has 3 aromatic heterocycles. The monoisotopic (exact) mass is 345 g/mol. The maximum absolute atomic E-state index is 14.7. The van der Waals surface area contributed by atoms with Crippen molar-refractivity contribution in [1.82, 2.24) is 24.3 Å². The van der Waals surface area contributed by atoms with Gasteiger partial charge in [0.1, 0.15) is 5.82 Å². The van der Waals surface area contributed by atoms with E-state index in [2.05, 4.69) is 25.9 Å². The summed E-state index contributed by atoms with van der Waals surface area (Å²) < 4.78 is 16.6. The Morgan fingerprint density at radius 1 is 1.04 bits per heavy atom. The molecule has 6 heteroatoms. The van der Waals surface area contributed by atoms with E-state index < -0.39 is 0 Å². The molecule has 4 aromatic rings. The average Bonchev–Trinajstić information content (AvgIpc) is 3.28. The Labute approximate surface area is 149 Å². The smallest absolute Gasteiger partial charge is 0.155 e. The molecule has 0 saturated carbocycles. The summed E-state index contributed by atoms with van der Waals surface area (Å²) in [6, 6.07) is 9.36. The maximum atomic E-state index is 14.7. The van der Waals surface area contributed by atoms with Crippen LogP contribution in [0.5, 0.6) is 0 Å². The fourth-order valence-corrected chi connectivity index (χ4v) is 3.43. The number of pyridine rings is 1. The van der Waals surface area contributed by atoms with Crippen molar-refractivity contribution in [2.45, 2.75) is 19.6 Å². The van der Waals surface area contributed by atoms with E-state index in [1.807, 2.05) is 41.2 Å². The minimum Gasteiger partial charge on any atom is -0.304 e. The Kier molecular flexibility index (Phi) is 3.50. The highest BCUT2D eigenvalue weighted by atomic mass is 19.1. The van der Waals surface area contributed by atoms with Gasteiger partial charge >= 0.3 is 0 Å². The van der Waals surface area contributed by atoms with E-state index >= 15 is 0 Å². The molecule has 0 spiro atoms. The van der Waals surface area contributed by atoms with Gasteiger partial charge in [0.25, 0.3) is 0 Å². The van der Waals surface area contributed by atoms with Crippen molar-refractivity contribution in [3.63, 3.8) is 0 Å². The predicted molar refractivity (Wildman–Crippen MR) is 95.6 cm³/mol. The molecule has 0 aliphatic carbocycles. The van der Waals surface area contributed by atoms with Gasteiger partial charge in [-0.2, -0.15) is 0 Å². The van der Waals surface area contributed by atoms with Crippen LogP contribution >= 0.6 is 0 Å². The second kappa shape index (κ2) is 6.00. The summed E-state index contributed by atoms with van der Waals surface area (Å²) in [6.07, 6.45) is 8.93. The normalized spacial score (nSPS) is 14.0. The summed E-state index contributed by atoms with van der Waals surface area (Å²) in [5.41, 5.74) is 5.25. The first-order chi connectivity index (χ1) is 12.8. The molecule has 4 heterocycles. The molecule has 0 radical (unpaired) electrons. The minimum absolute atomic E-state index is 0.209. The SMILES string of the molecule is Fc1cc(-c2cn3ccnc3cn2)ccc1CN1Cc2cccnc2C1. The average molecular weight is 345 g/mol. The minimum atomic E-state index is -0.209. The maximum Gasteiger partial charge on any atom is 0.155 e. The molecule has 0 bridgehead atoms. The largest absolute Gasteiger partial charge is 0.304 e. The lowest BCUT2D eigenvalue weighted by molar-refractivity contribution is 0.270. The van der Waals surface area contributed by atoms with Crippen LogP contribution in [0.1, 0.15) is 16.8 Å². The van der Waals surface area contributed by atoms with Gasteiger partial charge in [0.05, 0.1) is 17.6 Å². The zero-order valence-electron chi connectivity index (χ0n) is 14.0. The second-order valence-corrected chi connectivity index (χ2v) is 6.53. The summed E-state index contributed by atoms with van der Waals surface area (Å²) in [6.45, 7) is 2.13. The molecule has 0 saturated heterocycles. The third-order valence-corrected chi connectivity index (χ3v) is 4.77. The van der Waals surface area contributed by atoms with E-state index in [-0.39, 0.29) is 5.82 Å². The lowest BCUT2D eigenvalue weighted by atomic mass is 10.1. The van der Waals surface area contributed by atoms with Crippen LogP contribution in [0.15, 0.2) is 61.3 Å². The van der Waals surface area contributed by atoms with E-state index in [1.54, 1.807) is 18.5 Å². The summed E-state index contributed by atoms with van der Waals surface area (Å²) in [4.78, 5) is 15.2. The Bertz CT molecular complexity index is 1080. The number of halogens is 1. The van der Waals surface area contributed by atoms with Gasteiger partial charge < -0.3 is 4.40 Å². The first-order valence-electron chi connectivity index (χ1n) is 8.49. The van der Waals surface area contributed by atoms with E-state index in [9.17, 15) is 4.39 Å². The van der Waals surface area contributed by atoms with Crippen molar-refractivity contribution < 1.29 is 4.39 Å². The molecule has 1 aromatic carbocycles. The highest BCUT2D eigenvalue weighted by Gasteiger charge is 2.20. The molecule has 5 rings (SSSR count). The molecule has 0 N–H and O–H groups in total. The van der Waals surface area contributed by atoms with E-state index in [4.69, 9.17) is 0 Å². The van der Waals surface area contributed by atoms with Crippen molar-refractivity contribution >= 4 is 5.65 Å². The van der Waals surface area contributed by atoms with Crippen molar-refractivity contribution in [1.29, 1.82) is 0 Å². The van der Waals surface area contributed by atoms with Gasteiger partial charge in [-0.1, -0.05) is 18.2 Å². The van der Waals surface area contributed by atoms with Gasteiger partial charge in [0, 0.05) is 55.5 Å². The number of hydrogen-bond donors (Lipinski definition) is 0. The number of fused-ring (bicyclic) bond motifs is 2. The number of aromatic nitrogens is 4. The van der Waals surface area contributed by atoms with E-state index in [1.165, 1.54) is 5.56 Å². The Morgan fingerprint density at radius 2 is 2.00 bits per heavy atom. The zero-order valence-corrected chi connectivity index (χ0v) is 14.0. The molecular formula is C20H16FN5. The molecular weight excluding hydrogens is 329 g/mol. The van der Waals surface area contributed by atoms with Crippen LogP contribution in [0, 0.1) is 5.82 Å². The van der Waals surface area contributed by atoms with Crippen LogP contribution in [-0.4, -0.2) is 24.3 Å². The molecule has 1 aliphatic rings. The molecule has 0 amide bonds. The van der Waals surface area contributed by atoms with Crippen LogP contribution in [0.2, 0.25) is 0 Å². The lowest BCUT2D eigenvalue weighted by Gasteiger charge is -2.15. The molecule has 0 atom stereocenters.